The molecule has 2 aromatic carbocycles. The Bertz CT molecular complexity index is 1500. The average Bonchev–Trinajstić information content (AvgIpc) is 3.27. The lowest BCUT2D eigenvalue weighted by Crippen LogP contribution is -2.34. The fourth-order valence-corrected chi connectivity index (χ4v) is 7.37. The van der Waals surface area contributed by atoms with Crippen LogP contribution in [-0.2, 0) is 20.7 Å². The van der Waals surface area contributed by atoms with E-state index >= 15 is 0 Å². The number of esters is 1. The first kappa shape index (κ1) is 34.9. The van der Waals surface area contributed by atoms with E-state index in [0.717, 1.165) is 64.6 Å². The molecule has 6 nitrogen and oxygen atoms in total. The molecule has 1 aliphatic heterocycles. The molecule has 0 amide bonds. The van der Waals surface area contributed by atoms with E-state index in [1.54, 1.807) is 12.1 Å². The summed E-state index contributed by atoms with van der Waals surface area (Å²) >= 11 is 0. The predicted octanol–water partition coefficient (Wildman–Crippen LogP) is 9.48. The zero-order chi connectivity index (χ0) is 33.8. The molecule has 0 bridgehead atoms. The van der Waals surface area contributed by atoms with Crippen molar-refractivity contribution >= 4 is 11.7 Å². The number of carbonyl (C=O) groups is 1. The maximum absolute atomic E-state index is 13.9. The van der Waals surface area contributed by atoms with Crippen molar-refractivity contribution < 1.29 is 23.4 Å². The standard InChI is InChI=1S/C40H53FN2O4/c1-27(2)46-38(44)37(47-39(5,6)7)35-29(4)42-28(3)34(36(35)43-24-23-40(26-43)21-10-8-9-11-22-40)31-14-18-33(19-15-31)45-25-20-30-12-16-32(41)17-13-30/h12-19,27,37H,8-11,20-26H2,1-7H3/t37-/m0/s1. The molecule has 2 heterocycles. The van der Waals surface area contributed by atoms with E-state index in [0.29, 0.717) is 13.0 Å². The molecule has 3 aromatic rings. The van der Waals surface area contributed by atoms with Gasteiger partial charge in [-0.1, -0.05) is 49.9 Å². The van der Waals surface area contributed by atoms with Crippen molar-refractivity contribution in [2.75, 3.05) is 24.6 Å². The number of halogens is 1. The number of benzene rings is 2. The highest BCUT2D eigenvalue weighted by Gasteiger charge is 2.42. The third-order valence-corrected chi connectivity index (χ3v) is 9.51. The third kappa shape index (κ3) is 8.72. The normalized spacial score (nSPS) is 17.2. The molecule has 0 N–H and O–H groups in total. The number of hydrogen-bond donors (Lipinski definition) is 0. The van der Waals surface area contributed by atoms with Crippen LogP contribution in [-0.4, -0.2) is 42.4 Å². The summed E-state index contributed by atoms with van der Waals surface area (Å²) in [6, 6.07) is 14.7. The summed E-state index contributed by atoms with van der Waals surface area (Å²) in [6.07, 6.45) is 8.33. The van der Waals surface area contributed by atoms with Crippen LogP contribution in [0.2, 0.25) is 0 Å². The van der Waals surface area contributed by atoms with E-state index in [4.69, 9.17) is 19.2 Å². The zero-order valence-electron chi connectivity index (χ0n) is 29.5. The number of ether oxygens (including phenoxy) is 3. The van der Waals surface area contributed by atoms with Crippen molar-refractivity contribution in [3.05, 3.63) is 76.9 Å². The Morgan fingerprint density at radius 3 is 2.21 bits per heavy atom. The smallest absolute Gasteiger partial charge is 0.340 e. The molecular formula is C40H53FN2O4. The quantitative estimate of drug-likeness (QED) is 0.205. The van der Waals surface area contributed by atoms with Crippen molar-refractivity contribution in [1.29, 1.82) is 0 Å². The minimum absolute atomic E-state index is 0.236. The highest BCUT2D eigenvalue weighted by molar-refractivity contribution is 5.88. The Morgan fingerprint density at radius 1 is 0.936 bits per heavy atom. The molecule has 7 heteroatoms. The topological polar surface area (TPSA) is 60.9 Å². The van der Waals surface area contributed by atoms with Gasteiger partial charge < -0.3 is 19.1 Å². The molecule has 1 aromatic heterocycles. The van der Waals surface area contributed by atoms with Crippen LogP contribution in [0.3, 0.4) is 0 Å². The lowest BCUT2D eigenvalue weighted by molar-refractivity contribution is -0.171. The molecule has 5 rings (SSSR count). The second-order valence-corrected chi connectivity index (χ2v) is 14.9. The zero-order valence-corrected chi connectivity index (χ0v) is 29.5. The van der Waals surface area contributed by atoms with Gasteiger partial charge in [0, 0.05) is 42.0 Å². The van der Waals surface area contributed by atoms with E-state index < -0.39 is 11.7 Å². The monoisotopic (exact) mass is 644 g/mol. The molecule has 2 aliphatic rings. The summed E-state index contributed by atoms with van der Waals surface area (Å²) in [5.74, 6) is 0.146. The van der Waals surface area contributed by atoms with Crippen LogP contribution < -0.4 is 9.64 Å². The fourth-order valence-electron chi connectivity index (χ4n) is 7.37. The number of pyridine rings is 1. The third-order valence-electron chi connectivity index (χ3n) is 9.51. The second kappa shape index (κ2) is 14.8. The van der Waals surface area contributed by atoms with Crippen molar-refractivity contribution in [1.82, 2.24) is 4.98 Å². The Balaban J connectivity index is 1.55. The summed E-state index contributed by atoms with van der Waals surface area (Å²) in [4.78, 5) is 21.4. The highest BCUT2D eigenvalue weighted by atomic mass is 19.1. The second-order valence-electron chi connectivity index (χ2n) is 14.9. The number of rotatable bonds is 10. The first-order valence-electron chi connectivity index (χ1n) is 17.5. The maximum Gasteiger partial charge on any atom is 0.340 e. The Morgan fingerprint density at radius 2 is 1.60 bits per heavy atom. The number of aromatic nitrogens is 1. The van der Waals surface area contributed by atoms with Gasteiger partial charge in [0.15, 0.2) is 6.10 Å². The fraction of sp³-hybridized carbons (Fsp3) is 0.550. The van der Waals surface area contributed by atoms with Gasteiger partial charge in [-0.2, -0.15) is 0 Å². The van der Waals surface area contributed by atoms with Crippen molar-refractivity contribution in [3.63, 3.8) is 0 Å². The van der Waals surface area contributed by atoms with Gasteiger partial charge in [0.05, 0.1) is 24.0 Å². The van der Waals surface area contributed by atoms with E-state index in [-0.39, 0.29) is 23.3 Å². The van der Waals surface area contributed by atoms with Crippen LogP contribution in [0, 0.1) is 25.1 Å². The van der Waals surface area contributed by atoms with Gasteiger partial charge in [-0.15, -0.1) is 0 Å². The molecule has 0 unspecified atom stereocenters. The lowest BCUT2D eigenvalue weighted by atomic mass is 9.80. The molecule has 2 fully saturated rings. The van der Waals surface area contributed by atoms with Crippen LogP contribution in [0.5, 0.6) is 5.75 Å². The summed E-state index contributed by atoms with van der Waals surface area (Å²) < 4.78 is 31.8. The van der Waals surface area contributed by atoms with E-state index in [1.807, 2.05) is 53.7 Å². The Labute approximate surface area is 281 Å². The van der Waals surface area contributed by atoms with Gasteiger partial charge in [0.25, 0.3) is 0 Å². The van der Waals surface area contributed by atoms with Crippen molar-refractivity contribution in [3.8, 4) is 16.9 Å². The summed E-state index contributed by atoms with van der Waals surface area (Å²) in [5, 5.41) is 0. The van der Waals surface area contributed by atoms with Gasteiger partial charge >= 0.3 is 5.97 Å². The summed E-state index contributed by atoms with van der Waals surface area (Å²) in [5.41, 5.74) is 6.32. The largest absolute Gasteiger partial charge is 0.493 e. The number of anilines is 1. The molecule has 1 saturated heterocycles. The molecule has 0 radical (unpaired) electrons. The van der Waals surface area contributed by atoms with E-state index in [1.165, 1.54) is 50.7 Å². The molecule has 1 saturated carbocycles. The lowest BCUT2D eigenvalue weighted by Gasteiger charge is -2.34. The molecule has 1 aliphatic carbocycles. The van der Waals surface area contributed by atoms with Gasteiger partial charge in [0.2, 0.25) is 0 Å². The van der Waals surface area contributed by atoms with Crippen LogP contribution in [0.4, 0.5) is 10.1 Å². The van der Waals surface area contributed by atoms with E-state index in [2.05, 4.69) is 24.0 Å². The van der Waals surface area contributed by atoms with Crippen LogP contribution >= 0.6 is 0 Å². The minimum atomic E-state index is -0.918. The van der Waals surface area contributed by atoms with Crippen LogP contribution in [0.25, 0.3) is 11.1 Å². The average molecular weight is 645 g/mol. The molecule has 254 valence electrons. The van der Waals surface area contributed by atoms with E-state index in [9.17, 15) is 9.18 Å². The Hall–Kier alpha value is -3.45. The number of hydrogen-bond acceptors (Lipinski definition) is 6. The van der Waals surface area contributed by atoms with Gasteiger partial charge in [-0.05, 0) is 109 Å². The molecular weight excluding hydrogens is 591 g/mol. The summed E-state index contributed by atoms with van der Waals surface area (Å²) in [6.45, 7) is 16.1. The predicted molar refractivity (Wildman–Crippen MR) is 187 cm³/mol. The number of carbonyl (C=O) groups excluding carboxylic acids is 1. The van der Waals surface area contributed by atoms with Gasteiger partial charge in [-0.25, -0.2) is 9.18 Å². The SMILES string of the molecule is Cc1nc(C)c([C@H](OC(C)(C)C)C(=O)OC(C)C)c(N2CCC3(CCCCCC3)C2)c1-c1ccc(OCCc2ccc(F)cc2)cc1. The number of aryl methyl sites for hydroxylation is 2. The summed E-state index contributed by atoms with van der Waals surface area (Å²) in [7, 11) is 0. The molecule has 47 heavy (non-hydrogen) atoms. The van der Waals surface area contributed by atoms with Crippen LogP contribution in [0.1, 0.15) is 108 Å². The van der Waals surface area contributed by atoms with Crippen molar-refractivity contribution in [2.24, 2.45) is 5.41 Å². The van der Waals surface area contributed by atoms with Crippen LogP contribution in [0.15, 0.2) is 48.5 Å². The first-order valence-corrected chi connectivity index (χ1v) is 17.5. The number of nitrogens with zero attached hydrogens (tertiary/aromatic N) is 2. The Kier molecular flexibility index (Phi) is 11.0. The van der Waals surface area contributed by atoms with Gasteiger partial charge in [-0.3, -0.25) is 4.98 Å². The minimum Gasteiger partial charge on any atom is -0.493 e. The highest BCUT2D eigenvalue weighted by Crippen LogP contribution is 2.49. The maximum atomic E-state index is 13.9. The molecule has 1 spiro atoms. The van der Waals surface area contributed by atoms with Gasteiger partial charge in [0.1, 0.15) is 11.6 Å². The van der Waals surface area contributed by atoms with Crippen molar-refractivity contribution in [2.45, 2.75) is 118 Å². The first-order chi connectivity index (χ1) is 22.3. The molecule has 1 atom stereocenters.